The second-order valence-electron chi connectivity index (χ2n) is 7.18. The van der Waals surface area contributed by atoms with E-state index in [4.69, 9.17) is 4.74 Å². The fraction of sp³-hybridized carbons (Fsp3) is 0.938. The van der Waals surface area contributed by atoms with Gasteiger partial charge in [-0.1, -0.05) is 6.92 Å². The van der Waals surface area contributed by atoms with Gasteiger partial charge in [-0.25, -0.2) is 4.79 Å². The summed E-state index contributed by atoms with van der Waals surface area (Å²) in [6, 6.07) is 0.416. The summed E-state index contributed by atoms with van der Waals surface area (Å²) in [5.41, 5.74) is -0.453. The summed E-state index contributed by atoms with van der Waals surface area (Å²) in [5, 5.41) is 12.6. The van der Waals surface area contributed by atoms with Gasteiger partial charge in [0.2, 0.25) is 0 Å². The number of amides is 1. The molecule has 124 valence electrons. The van der Waals surface area contributed by atoms with Crippen LogP contribution in [0.15, 0.2) is 0 Å². The number of rotatable bonds is 5. The molecule has 2 N–H and O–H groups in total. The molecule has 5 nitrogen and oxygen atoms in total. The van der Waals surface area contributed by atoms with E-state index in [0.29, 0.717) is 0 Å². The Kier molecular flexibility index (Phi) is 6.94. The highest BCUT2D eigenvalue weighted by molar-refractivity contribution is 5.68. The van der Waals surface area contributed by atoms with Crippen molar-refractivity contribution in [2.45, 2.75) is 71.6 Å². The molecule has 0 bridgehead atoms. The molecule has 1 fully saturated rings. The lowest BCUT2D eigenvalue weighted by molar-refractivity contribution is 0.00940. The van der Waals surface area contributed by atoms with Gasteiger partial charge in [-0.3, -0.25) is 0 Å². The van der Waals surface area contributed by atoms with Crippen LogP contribution in [0.2, 0.25) is 0 Å². The summed E-state index contributed by atoms with van der Waals surface area (Å²) in [4.78, 5) is 14.2. The van der Waals surface area contributed by atoms with Crippen molar-refractivity contribution in [3.63, 3.8) is 0 Å². The highest BCUT2D eigenvalue weighted by atomic mass is 16.6. The zero-order valence-electron chi connectivity index (χ0n) is 14.2. The first-order valence-electron chi connectivity index (χ1n) is 8.08. The van der Waals surface area contributed by atoms with Crippen molar-refractivity contribution in [2.24, 2.45) is 5.92 Å². The number of ether oxygens (including phenoxy) is 1. The fourth-order valence-electron chi connectivity index (χ4n) is 2.45. The van der Waals surface area contributed by atoms with Crippen LogP contribution in [0, 0.1) is 5.92 Å². The zero-order valence-corrected chi connectivity index (χ0v) is 14.2. The number of piperidine rings is 1. The van der Waals surface area contributed by atoms with E-state index < -0.39 is 5.60 Å². The highest BCUT2D eigenvalue weighted by Crippen LogP contribution is 2.20. The third-order valence-corrected chi connectivity index (χ3v) is 4.07. The average Bonchev–Trinajstić information content (AvgIpc) is 2.42. The van der Waals surface area contributed by atoms with Crippen molar-refractivity contribution < 1.29 is 14.6 Å². The molecule has 1 heterocycles. The number of carbonyl (C=O) groups excluding carboxylic acids is 1. The lowest BCUT2D eigenvalue weighted by atomic mass is 10.0. The number of nitrogens with one attached hydrogen (secondary N) is 1. The van der Waals surface area contributed by atoms with Gasteiger partial charge in [0.05, 0.1) is 0 Å². The van der Waals surface area contributed by atoms with Crippen molar-refractivity contribution >= 4 is 6.09 Å². The summed E-state index contributed by atoms with van der Waals surface area (Å²) in [5.74, 6) is 0.212. The maximum absolute atomic E-state index is 12.3. The number of carbonyl (C=O) groups is 1. The first kappa shape index (κ1) is 18.2. The fourth-order valence-corrected chi connectivity index (χ4v) is 2.45. The third kappa shape index (κ3) is 6.22. The SMILES string of the molecule is CC(CO)C(C)NCC1CCCCN1C(=O)OC(C)(C)C. The minimum atomic E-state index is -0.453. The number of likely N-dealkylation sites (tertiary alicyclic amines) is 1. The van der Waals surface area contributed by atoms with Crippen LogP contribution in [0.25, 0.3) is 0 Å². The van der Waals surface area contributed by atoms with Crippen molar-refractivity contribution in [3.05, 3.63) is 0 Å². The van der Waals surface area contributed by atoms with Gasteiger partial charge >= 0.3 is 6.09 Å². The van der Waals surface area contributed by atoms with Crippen LogP contribution in [0.1, 0.15) is 53.9 Å². The van der Waals surface area contributed by atoms with Gasteiger partial charge in [0.1, 0.15) is 5.60 Å². The van der Waals surface area contributed by atoms with E-state index in [0.717, 1.165) is 32.4 Å². The Morgan fingerprint density at radius 3 is 2.62 bits per heavy atom. The lowest BCUT2D eigenvalue weighted by Gasteiger charge is -2.37. The molecule has 3 atom stereocenters. The van der Waals surface area contributed by atoms with Crippen molar-refractivity contribution in [1.82, 2.24) is 10.2 Å². The normalized spacial score (nSPS) is 22.8. The Bertz CT molecular complexity index is 328. The van der Waals surface area contributed by atoms with Crippen LogP contribution in [0.3, 0.4) is 0 Å². The standard InChI is InChI=1S/C16H32N2O3/c1-12(11-19)13(2)17-10-14-8-6-7-9-18(14)15(20)21-16(3,4)5/h12-14,17,19H,6-11H2,1-5H3. The maximum Gasteiger partial charge on any atom is 0.410 e. The topological polar surface area (TPSA) is 61.8 Å². The predicted molar refractivity (Wildman–Crippen MR) is 84.3 cm³/mol. The van der Waals surface area contributed by atoms with Crippen molar-refractivity contribution in [3.8, 4) is 0 Å². The maximum atomic E-state index is 12.3. The van der Waals surface area contributed by atoms with Gasteiger partial charge in [-0.15, -0.1) is 0 Å². The minimum Gasteiger partial charge on any atom is -0.444 e. The first-order valence-corrected chi connectivity index (χ1v) is 8.08. The Hall–Kier alpha value is -0.810. The molecule has 1 amide bonds. The number of hydrogen-bond donors (Lipinski definition) is 2. The second-order valence-corrected chi connectivity index (χ2v) is 7.18. The summed E-state index contributed by atoms with van der Waals surface area (Å²) in [6.07, 6.45) is 2.98. The van der Waals surface area contributed by atoms with Gasteiger partial charge < -0.3 is 20.1 Å². The van der Waals surface area contributed by atoms with E-state index in [1.807, 2.05) is 32.6 Å². The van der Waals surface area contributed by atoms with Gasteiger partial charge in [0.25, 0.3) is 0 Å². The third-order valence-electron chi connectivity index (χ3n) is 4.07. The van der Waals surface area contributed by atoms with E-state index in [-0.39, 0.29) is 30.7 Å². The van der Waals surface area contributed by atoms with E-state index in [2.05, 4.69) is 12.2 Å². The molecule has 1 aliphatic heterocycles. The monoisotopic (exact) mass is 300 g/mol. The van der Waals surface area contributed by atoms with Gasteiger partial charge in [0.15, 0.2) is 0 Å². The quantitative estimate of drug-likeness (QED) is 0.818. The number of aliphatic hydroxyl groups excluding tert-OH is 1. The van der Waals surface area contributed by atoms with Crippen LogP contribution in [-0.4, -0.2) is 53.5 Å². The van der Waals surface area contributed by atoms with E-state index in [9.17, 15) is 9.90 Å². The molecule has 0 aliphatic carbocycles. The summed E-state index contributed by atoms with van der Waals surface area (Å²) in [6.45, 7) is 11.5. The molecular formula is C16H32N2O3. The van der Waals surface area contributed by atoms with Crippen LogP contribution >= 0.6 is 0 Å². The van der Waals surface area contributed by atoms with Crippen molar-refractivity contribution in [1.29, 1.82) is 0 Å². The summed E-state index contributed by atoms with van der Waals surface area (Å²) >= 11 is 0. The molecule has 1 aliphatic rings. The van der Waals surface area contributed by atoms with Gasteiger partial charge in [-0.2, -0.15) is 0 Å². The molecule has 0 saturated carbocycles. The van der Waals surface area contributed by atoms with Gasteiger partial charge in [0, 0.05) is 31.8 Å². The van der Waals surface area contributed by atoms with E-state index in [1.54, 1.807) is 0 Å². The first-order chi connectivity index (χ1) is 9.74. The summed E-state index contributed by atoms with van der Waals surface area (Å²) < 4.78 is 5.50. The average molecular weight is 300 g/mol. The zero-order chi connectivity index (χ0) is 16.0. The molecule has 0 aromatic carbocycles. The highest BCUT2D eigenvalue weighted by Gasteiger charge is 2.30. The molecular weight excluding hydrogens is 268 g/mol. The summed E-state index contributed by atoms with van der Waals surface area (Å²) in [7, 11) is 0. The smallest absolute Gasteiger partial charge is 0.410 e. The molecule has 1 saturated heterocycles. The van der Waals surface area contributed by atoms with Crippen LogP contribution < -0.4 is 5.32 Å². The number of nitrogens with zero attached hydrogens (tertiary/aromatic N) is 1. The molecule has 21 heavy (non-hydrogen) atoms. The van der Waals surface area contributed by atoms with Gasteiger partial charge in [-0.05, 0) is 52.9 Å². The van der Waals surface area contributed by atoms with E-state index >= 15 is 0 Å². The Balaban J connectivity index is 2.55. The largest absolute Gasteiger partial charge is 0.444 e. The molecule has 3 unspecified atom stereocenters. The number of aliphatic hydroxyl groups is 1. The molecule has 0 aromatic heterocycles. The minimum absolute atomic E-state index is 0.175. The molecule has 0 spiro atoms. The van der Waals surface area contributed by atoms with E-state index in [1.165, 1.54) is 0 Å². The molecule has 0 radical (unpaired) electrons. The second kappa shape index (κ2) is 7.99. The molecule has 1 rings (SSSR count). The Morgan fingerprint density at radius 2 is 2.05 bits per heavy atom. The Labute approximate surface area is 129 Å². The van der Waals surface area contributed by atoms with Crippen LogP contribution in [0.4, 0.5) is 4.79 Å². The lowest BCUT2D eigenvalue weighted by Crippen LogP contribution is -2.51. The number of hydrogen-bond acceptors (Lipinski definition) is 4. The predicted octanol–water partition coefficient (Wildman–Crippen LogP) is 2.38. The molecule has 5 heteroatoms. The Morgan fingerprint density at radius 1 is 1.38 bits per heavy atom. The molecule has 0 aromatic rings. The van der Waals surface area contributed by atoms with Crippen LogP contribution in [0.5, 0.6) is 0 Å². The van der Waals surface area contributed by atoms with Crippen LogP contribution in [-0.2, 0) is 4.74 Å². The van der Waals surface area contributed by atoms with Crippen molar-refractivity contribution in [2.75, 3.05) is 19.7 Å².